The van der Waals surface area contributed by atoms with Crippen LogP contribution in [0.5, 0.6) is 0 Å². The standard InChI is InChI=1S/C21H33N5/c1-17(2)20(26-12-6-4-5-7-13-26)16-25-21(23-3)24-15-19-10-8-18(14-22)9-11-19/h8-11,17,20H,4-7,12-13,15-16H2,1-3H3,(H2,23,24,25). The zero-order valence-corrected chi connectivity index (χ0v) is 16.5. The molecule has 142 valence electrons. The van der Waals surface area contributed by atoms with E-state index in [-0.39, 0.29) is 0 Å². The second kappa shape index (κ2) is 10.8. The summed E-state index contributed by atoms with van der Waals surface area (Å²) in [4.78, 5) is 7.01. The van der Waals surface area contributed by atoms with E-state index in [4.69, 9.17) is 5.26 Å². The van der Waals surface area contributed by atoms with Crippen molar-refractivity contribution in [2.45, 2.75) is 52.1 Å². The Kier molecular flexibility index (Phi) is 8.43. The Morgan fingerprint density at radius 3 is 2.31 bits per heavy atom. The van der Waals surface area contributed by atoms with Crippen molar-refractivity contribution in [3.63, 3.8) is 0 Å². The van der Waals surface area contributed by atoms with Crippen LogP contribution in [-0.4, -0.2) is 43.6 Å². The maximum Gasteiger partial charge on any atom is 0.191 e. The molecule has 1 unspecified atom stereocenters. The van der Waals surface area contributed by atoms with E-state index in [1.54, 1.807) is 0 Å². The highest BCUT2D eigenvalue weighted by atomic mass is 15.2. The van der Waals surface area contributed by atoms with E-state index in [2.05, 4.69) is 40.4 Å². The third-order valence-corrected chi connectivity index (χ3v) is 5.12. The molecule has 1 atom stereocenters. The lowest BCUT2D eigenvalue weighted by molar-refractivity contribution is 0.161. The molecular weight excluding hydrogens is 322 g/mol. The lowest BCUT2D eigenvalue weighted by Gasteiger charge is -2.34. The maximum atomic E-state index is 8.88. The fourth-order valence-corrected chi connectivity index (χ4v) is 3.52. The number of nitrogens with one attached hydrogen (secondary N) is 2. The molecule has 1 aromatic carbocycles. The third-order valence-electron chi connectivity index (χ3n) is 5.12. The molecule has 0 bridgehead atoms. The van der Waals surface area contributed by atoms with Crippen molar-refractivity contribution in [1.82, 2.24) is 15.5 Å². The summed E-state index contributed by atoms with van der Waals surface area (Å²) in [7, 11) is 1.81. The second-order valence-corrected chi connectivity index (χ2v) is 7.38. The number of guanidine groups is 1. The first kappa shape index (κ1) is 20.3. The number of benzene rings is 1. The summed E-state index contributed by atoms with van der Waals surface area (Å²) in [5.41, 5.74) is 1.83. The van der Waals surface area contributed by atoms with Crippen molar-refractivity contribution >= 4 is 5.96 Å². The highest BCUT2D eigenvalue weighted by Crippen LogP contribution is 2.17. The molecule has 26 heavy (non-hydrogen) atoms. The Hall–Kier alpha value is -2.06. The molecule has 5 nitrogen and oxygen atoms in total. The Balaban J connectivity index is 1.86. The maximum absolute atomic E-state index is 8.88. The van der Waals surface area contributed by atoms with Gasteiger partial charge in [-0.15, -0.1) is 0 Å². The van der Waals surface area contributed by atoms with Gasteiger partial charge in [0.15, 0.2) is 5.96 Å². The van der Waals surface area contributed by atoms with Crippen LogP contribution in [0.15, 0.2) is 29.3 Å². The molecule has 1 saturated heterocycles. The van der Waals surface area contributed by atoms with E-state index in [9.17, 15) is 0 Å². The van der Waals surface area contributed by atoms with E-state index in [1.807, 2.05) is 31.3 Å². The number of aliphatic imine (C=N–C) groups is 1. The van der Waals surface area contributed by atoms with Crippen LogP contribution in [-0.2, 0) is 6.54 Å². The van der Waals surface area contributed by atoms with E-state index < -0.39 is 0 Å². The van der Waals surface area contributed by atoms with Gasteiger partial charge in [-0.3, -0.25) is 9.89 Å². The molecule has 1 aliphatic heterocycles. The van der Waals surface area contributed by atoms with Gasteiger partial charge in [0.25, 0.3) is 0 Å². The molecule has 1 aromatic rings. The van der Waals surface area contributed by atoms with Crippen LogP contribution in [0.1, 0.15) is 50.7 Å². The predicted molar refractivity (Wildman–Crippen MR) is 108 cm³/mol. The molecule has 0 aromatic heterocycles. The van der Waals surface area contributed by atoms with Gasteiger partial charge >= 0.3 is 0 Å². The zero-order chi connectivity index (χ0) is 18.8. The predicted octanol–water partition coefficient (Wildman–Crippen LogP) is 3.12. The van der Waals surface area contributed by atoms with Gasteiger partial charge in [0.2, 0.25) is 0 Å². The smallest absolute Gasteiger partial charge is 0.191 e. The summed E-state index contributed by atoms with van der Waals surface area (Å²) in [5, 5.41) is 15.8. The second-order valence-electron chi connectivity index (χ2n) is 7.38. The molecule has 1 heterocycles. The van der Waals surface area contributed by atoms with Crippen molar-refractivity contribution in [3.8, 4) is 6.07 Å². The number of likely N-dealkylation sites (tertiary alicyclic amines) is 1. The van der Waals surface area contributed by atoms with Gasteiger partial charge in [-0.2, -0.15) is 5.26 Å². The molecule has 2 rings (SSSR count). The van der Waals surface area contributed by atoms with Crippen molar-refractivity contribution in [3.05, 3.63) is 35.4 Å². The number of nitriles is 1. The molecule has 0 saturated carbocycles. The first-order valence-corrected chi connectivity index (χ1v) is 9.81. The Bertz CT molecular complexity index is 592. The summed E-state index contributed by atoms with van der Waals surface area (Å²) in [6, 6.07) is 10.3. The molecule has 1 fully saturated rings. The minimum atomic E-state index is 0.529. The average Bonchev–Trinajstić information content (AvgIpc) is 2.94. The minimum Gasteiger partial charge on any atom is -0.355 e. The lowest BCUT2D eigenvalue weighted by atomic mass is 10.0. The zero-order valence-electron chi connectivity index (χ0n) is 16.5. The van der Waals surface area contributed by atoms with E-state index in [0.29, 0.717) is 24.1 Å². The highest BCUT2D eigenvalue weighted by Gasteiger charge is 2.22. The van der Waals surface area contributed by atoms with Crippen LogP contribution < -0.4 is 10.6 Å². The fraction of sp³-hybridized carbons (Fsp3) is 0.619. The highest BCUT2D eigenvalue weighted by molar-refractivity contribution is 5.79. The van der Waals surface area contributed by atoms with E-state index in [0.717, 1.165) is 18.1 Å². The SMILES string of the molecule is CN=C(NCc1ccc(C#N)cc1)NCC(C(C)C)N1CCCCCC1. The summed E-state index contributed by atoms with van der Waals surface area (Å²) in [5.74, 6) is 1.44. The van der Waals surface area contributed by atoms with Crippen molar-refractivity contribution in [2.75, 3.05) is 26.7 Å². The minimum absolute atomic E-state index is 0.529. The number of hydrogen-bond donors (Lipinski definition) is 2. The molecule has 2 N–H and O–H groups in total. The number of nitrogens with zero attached hydrogens (tertiary/aromatic N) is 3. The van der Waals surface area contributed by atoms with Gasteiger partial charge in [0.1, 0.15) is 0 Å². The van der Waals surface area contributed by atoms with Gasteiger partial charge in [-0.1, -0.05) is 38.8 Å². The molecule has 1 aliphatic rings. The lowest BCUT2D eigenvalue weighted by Crippen LogP contribution is -2.49. The largest absolute Gasteiger partial charge is 0.355 e. The number of hydrogen-bond acceptors (Lipinski definition) is 3. The summed E-state index contributed by atoms with van der Waals surface area (Å²) in [6.45, 7) is 8.64. The molecular formula is C21H33N5. The quantitative estimate of drug-likeness (QED) is 0.608. The van der Waals surface area contributed by atoms with E-state index >= 15 is 0 Å². The number of rotatable bonds is 6. The van der Waals surface area contributed by atoms with E-state index in [1.165, 1.54) is 38.8 Å². The van der Waals surface area contributed by atoms with Crippen LogP contribution in [0, 0.1) is 17.2 Å². The first-order chi connectivity index (χ1) is 12.6. The first-order valence-electron chi connectivity index (χ1n) is 9.81. The van der Waals surface area contributed by atoms with Gasteiger partial charge < -0.3 is 10.6 Å². The molecule has 0 spiro atoms. The average molecular weight is 356 g/mol. The van der Waals surface area contributed by atoms with Crippen molar-refractivity contribution in [2.24, 2.45) is 10.9 Å². The van der Waals surface area contributed by atoms with Crippen LogP contribution in [0.25, 0.3) is 0 Å². The normalized spacial score (nSPS) is 17.4. The van der Waals surface area contributed by atoms with Gasteiger partial charge in [-0.05, 0) is 49.5 Å². The van der Waals surface area contributed by atoms with Crippen LogP contribution in [0.3, 0.4) is 0 Å². The Morgan fingerprint density at radius 2 is 1.77 bits per heavy atom. The van der Waals surface area contributed by atoms with Crippen molar-refractivity contribution in [1.29, 1.82) is 5.26 Å². The molecule has 5 heteroatoms. The van der Waals surface area contributed by atoms with Crippen molar-refractivity contribution < 1.29 is 0 Å². The Labute approximate surface area is 158 Å². The summed E-state index contributed by atoms with van der Waals surface area (Å²) < 4.78 is 0. The van der Waals surface area contributed by atoms with Crippen LogP contribution >= 0.6 is 0 Å². The summed E-state index contributed by atoms with van der Waals surface area (Å²) in [6.07, 6.45) is 5.36. The van der Waals surface area contributed by atoms with Gasteiger partial charge in [0.05, 0.1) is 11.6 Å². The van der Waals surface area contributed by atoms with Crippen LogP contribution in [0.4, 0.5) is 0 Å². The topological polar surface area (TPSA) is 63.5 Å². The van der Waals surface area contributed by atoms with Gasteiger partial charge in [-0.25, -0.2) is 0 Å². The summed E-state index contributed by atoms with van der Waals surface area (Å²) >= 11 is 0. The molecule has 0 radical (unpaired) electrons. The Morgan fingerprint density at radius 1 is 1.12 bits per heavy atom. The van der Waals surface area contributed by atoms with Crippen LogP contribution in [0.2, 0.25) is 0 Å². The molecule has 0 amide bonds. The van der Waals surface area contributed by atoms with Gasteiger partial charge in [0, 0.05) is 26.2 Å². The monoisotopic (exact) mass is 355 g/mol. The third kappa shape index (κ3) is 6.34. The molecule has 0 aliphatic carbocycles. The fourth-order valence-electron chi connectivity index (χ4n) is 3.52.